The monoisotopic (exact) mass is 258 g/mol. The average molecular weight is 259 g/mol. The molecule has 0 radical (unpaired) electrons. The molecular weight excluding hydrogens is 244 g/mol. The van der Waals surface area contributed by atoms with Gasteiger partial charge in [-0.05, 0) is 35.0 Å². The number of carbonyl (C=O) groups is 1. The zero-order valence-corrected chi connectivity index (χ0v) is 10.5. The Balaban J connectivity index is 0.000000791. The van der Waals surface area contributed by atoms with E-state index in [1.807, 2.05) is 26.0 Å². The summed E-state index contributed by atoms with van der Waals surface area (Å²) in [6, 6.07) is 5.39. The highest BCUT2D eigenvalue weighted by atomic mass is 79.9. The van der Waals surface area contributed by atoms with E-state index in [1.165, 1.54) is 6.92 Å². The maximum Gasteiger partial charge on any atom is 0.163 e. The first kappa shape index (κ1) is 13.2. The molecular formula is C11H15BrO2. The summed E-state index contributed by atoms with van der Waals surface area (Å²) < 4.78 is 5.87. The third-order valence-corrected chi connectivity index (χ3v) is 2.17. The van der Waals surface area contributed by atoms with Gasteiger partial charge in [0.05, 0.1) is 17.1 Å². The van der Waals surface area contributed by atoms with Crippen LogP contribution in [-0.4, -0.2) is 12.9 Å². The highest BCUT2D eigenvalue weighted by Crippen LogP contribution is 2.28. The molecule has 0 aromatic heterocycles. The Labute approximate surface area is 93.4 Å². The van der Waals surface area contributed by atoms with Crippen molar-refractivity contribution in [2.75, 3.05) is 7.11 Å². The molecule has 0 aliphatic rings. The smallest absolute Gasteiger partial charge is 0.163 e. The minimum Gasteiger partial charge on any atom is -0.495 e. The fourth-order valence-electron chi connectivity index (χ4n) is 0.994. The number of benzene rings is 1. The molecule has 0 atom stereocenters. The summed E-state index contributed by atoms with van der Waals surface area (Å²) in [6.07, 6.45) is 0. The van der Waals surface area contributed by atoms with Crippen LogP contribution in [0.3, 0.4) is 0 Å². The van der Waals surface area contributed by atoms with Gasteiger partial charge in [-0.3, -0.25) is 4.79 Å². The molecule has 1 aromatic carbocycles. The second-order valence-electron chi connectivity index (χ2n) is 2.38. The van der Waals surface area contributed by atoms with Crippen molar-refractivity contribution < 1.29 is 9.53 Å². The van der Waals surface area contributed by atoms with E-state index in [4.69, 9.17) is 4.74 Å². The van der Waals surface area contributed by atoms with Gasteiger partial charge < -0.3 is 4.74 Å². The Kier molecular flexibility index (Phi) is 6.21. The lowest BCUT2D eigenvalue weighted by Crippen LogP contribution is -1.97. The molecule has 14 heavy (non-hydrogen) atoms. The van der Waals surface area contributed by atoms with Gasteiger partial charge in [0.1, 0.15) is 5.75 Å². The van der Waals surface area contributed by atoms with E-state index < -0.39 is 0 Å². The molecule has 0 saturated heterocycles. The molecule has 78 valence electrons. The minimum absolute atomic E-state index is 0.00755. The molecule has 0 aliphatic heterocycles. The van der Waals surface area contributed by atoms with Crippen LogP contribution in [-0.2, 0) is 0 Å². The van der Waals surface area contributed by atoms with E-state index in [2.05, 4.69) is 15.9 Å². The first-order chi connectivity index (χ1) is 6.66. The minimum atomic E-state index is 0.00755. The van der Waals surface area contributed by atoms with Crippen LogP contribution in [0.2, 0.25) is 0 Å². The SMILES string of the molecule is CC.COc1c(Br)cccc1C(C)=O. The highest BCUT2D eigenvalue weighted by Gasteiger charge is 2.09. The summed E-state index contributed by atoms with van der Waals surface area (Å²) in [6.45, 7) is 5.52. The van der Waals surface area contributed by atoms with Gasteiger partial charge in [-0.1, -0.05) is 19.9 Å². The summed E-state index contributed by atoms with van der Waals surface area (Å²) in [7, 11) is 1.55. The van der Waals surface area contributed by atoms with E-state index in [-0.39, 0.29) is 5.78 Å². The van der Waals surface area contributed by atoms with Crippen molar-refractivity contribution in [1.29, 1.82) is 0 Å². The summed E-state index contributed by atoms with van der Waals surface area (Å²) in [5, 5.41) is 0. The van der Waals surface area contributed by atoms with Gasteiger partial charge in [0.25, 0.3) is 0 Å². The zero-order chi connectivity index (χ0) is 11.1. The largest absolute Gasteiger partial charge is 0.495 e. The lowest BCUT2D eigenvalue weighted by atomic mass is 10.1. The van der Waals surface area contributed by atoms with Crippen molar-refractivity contribution >= 4 is 21.7 Å². The molecule has 0 saturated carbocycles. The van der Waals surface area contributed by atoms with Crippen LogP contribution in [0.4, 0.5) is 0 Å². The normalized spacial score (nSPS) is 8.64. The number of rotatable bonds is 2. The Hall–Kier alpha value is -0.830. The number of carbonyl (C=O) groups excluding carboxylic acids is 1. The standard InChI is InChI=1S/C9H9BrO2.C2H6/c1-6(11)7-4-3-5-8(10)9(7)12-2;1-2/h3-5H,1-2H3;1-2H3. The van der Waals surface area contributed by atoms with Crippen LogP contribution in [0.25, 0.3) is 0 Å². The molecule has 0 N–H and O–H groups in total. The summed E-state index contributed by atoms with van der Waals surface area (Å²) in [5.41, 5.74) is 0.604. The Morgan fingerprint density at radius 2 is 1.93 bits per heavy atom. The van der Waals surface area contributed by atoms with Crippen molar-refractivity contribution in [3.05, 3.63) is 28.2 Å². The third kappa shape index (κ3) is 3.14. The van der Waals surface area contributed by atoms with Gasteiger partial charge in [-0.25, -0.2) is 0 Å². The number of hydrogen-bond acceptors (Lipinski definition) is 2. The number of Topliss-reactive ketones (excluding diaryl/α,β-unsaturated/α-hetero) is 1. The molecule has 0 aliphatic carbocycles. The van der Waals surface area contributed by atoms with E-state index in [9.17, 15) is 4.79 Å². The van der Waals surface area contributed by atoms with Gasteiger partial charge in [0.2, 0.25) is 0 Å². The molecule has 0 amide bonds. The van der Waals surface area contributed by atoms with Crippen LogP contribution in [0.15, 0.2) is 22.7 Å². The lowest BCUT2D eigenvalue weighted by molar-refractivity contribution is 0.101. The maximum atomic E-state index is 11.1. The topological polar surface area (TPSA) is 26.3 Å². The average Bonchev–Trinajstić information content (AvgIpc) is 2.20. The van der Waals surface area contributed by atoms with E-state index in [0.29, 0.717) is 11.3 Å². The van der Waals surface area contributed by atoms with Crippen LogP contribution < -0.4 is 4.74 Å². The first-order valence-corrected chi connectivity index (χ1v) is 5.29. The number of ketones is 1. The van der Waals surface area contributed by atoms with E-state index in [0.717, 1.165) is 4.47 Å². The number of methoxy groups -OCH3 is 1. The van der Waals surface area contributed by atoms with Crippen LogP contribution in [0.5, 0.6) is 5.75 Å². The number of hydrogen-bond donors (Lipinski definition) is 0. The number of para-hydroxylation sites is 1. The fraction of sp³-hybridized carbons (Fsp3) is 0.364. The van der Waals surface area contributed by atoms with Crippen LogP contribution in [0.1, 0.15) is 31.1 Å². The van der Waals surface area contributed by atoms with Crippen LogP contribution in [0, 0.1) is 0 Å². The second kappa shape index (κ2) is 6.60. The fourth-order valence-corrected chi connectivity index (χ4v) is 1.52. The Morgan fingerprint density at radius 1 is 1.36 bits per heavy atom. The quantitative estimate of drug-likeness (QED) is 0.757. The van der Waals surface area contributed by atoms with Crippen molar-refractivity contribution in [2.24, 2.45) is 0 Å². The molecule has 0 spiro atoms. The van der Waals surface area contributed by atoms with Gasteiger partial charge in [-0.15, -0.1) is 0 Å². The first-order valence-electron chi connectivity index (χ1n) is 4.50. The second-order valence-corrected chi connectivity index (χ2v) is 3.23. The highest BCUT2D eigenvalue weighted by molar-refractivity contribution is 9.10. The Morgan fingerprint density at radius 3 is 2.29 bits per heavy atom. The lowest BCUT2D eigenvalue weighted by Gasteiger charge is -2.06. The van der Waals surface area contributed by atoms with Crippen molar-refractivity contribution in [2.45, 2.75) is 20.8 Å². The molecule has 0 bridgehead atoms. The zero-order valence-electron chi connectivity index (χ0n) is 8.93. The summed E-state index contributed by atoms with van der Waals surface area (Å²) in [4.78, 5) is 11.1. The Bertz CT molecular complexity index is 308. The molecule has 1 rings (SSSR count). The molecule has 0 unspecified atom stereocenters. The van der Waals surface area contributed by atoms with Gasteiger partial charge >= 0.3 is 0 Å². The summed E-state index contributed by atoms with van der Waals surface area (Å²) >= 11 is 3.30. The predicted molar refractivity (Wildman–Crippen MR) is 62.0 cm³/mol. The van der Waals surface area contributed by atoms with Crippen molar-refractivity contribution in [1.82, 2.24) is 0 Å². The molecule has 0 heterocycles. The number of halogens is 1. The van der Waals surface area contributed by atoms with E-state index >= 15 is 0 Å². The molecule has 2 nitrogen and oxygen atoms in total. The van der Waals surface area contributed by atoms with Crippen molar-refractivity contribution in [3.63, 3.8) is 0 Å². The third-order valence-electron chi connectivity index (χ3n) is 1.55. The van der Waals surface area contributed by atoms with Gasteiger partial charge in [0.15, 0.2) is 5.78 Å². The van der Waals surface area contributed by atoms with E-state index in [1.54, 1.807) is 13.2 Å². The molecule has 0 fully saturated rings. The maximum absolute atomic E-state index is 11.1. The van der Waals surface area contributed by atoms with Crippen molar-refractivity contribution in [3.8, 4) is 5.75 Å². The van der Waals surface area contributed by atoms with Gasteiger partial charge in [-0.2, -0.15) is 0 Å². The van der Waals surface area contributed by atoms with Crippen LogP contribution >= 0.6 is 15.9 Å². The molecule has 3 heteroatoms. The number of ether oxygens (including phenoxy) is 1. The summed E-state index contributed by atoms with van der Waals surface area (Å²) in [5.74, 6) is 0.609. The molecule has 1 aromatic rings. The van der Waals surface area contributed by atoms with Gasteiger partial charge in [0, 0.05) is 0 Å². The predicted octanol–water partition coefficient (Wildman–Crippen LogP) is 3.69.